The molecule has 0 saturated carbocycles. The Bertz CT molecular complexity index is 696. The van der Waals surface area contributed by atoms with Crippen LogP contribution in [-0.4, -0.2) is 29.5 Å². The van der Waals surface area contributed by atoms with Gasteiger partial charge < -0.3 is 10.6 Å². The van der Waals surface area contributed by atoms with Gasteiger partial charge in [0.1, 0.15) is 0 Å². The topological polar surface area (TPSA) is 80.1 Å². The number of hydrogen-bond acceptors (Lipinski definition) is 5. The summed E-state index contributed by atoms with van der Waals surface area (Å²) >= 11 is 0. The van der Waals surface area contributed by atoms with Crippen molar-refractivity contribution in [3.8, 4) is 0 Å². The maximum absolute atomic E-state index is 11.0. The van der Waals surface area contributed by atoms with E-state index in [9.17, 15) is 10.1 Å². The van der Waals surface area contributed by atoms with Gasteiger partial charge in [0.2, 0.25) is 0 Å². The Kier molecular flexibility index (Phi) is 4.20. The van der Waals surface area contributed by atoms with E-state index in [1.54, 1.807) is 12.1 Å². The molecule has 0 aliphatic carbocycles. The number of non-ortho nitro benzene ring substituents is 1. The first kappa shape index (κ1) is 14.7. The number of piperidine rings is 1. The summed E-state index contributed by atoms with van der Waals surface area (Å²) in [5.74, 6) is 0.593. The molecule has 2 aromatic rings. The van der Waals surface area contributed by atoms with Crippen molar-refractivity contribution in [1.82, 2.24) is 10.3 Å². The summed E-state index contributed by atoms with van der Waals surface area (Å²) < 4.78 is 0. The Labute approximate surface area is 129 Å². The Hall–Kier alpha value is -2.21. The van der Waals surface area contributed by atoms with Gasteiger partial charge >= 0.3 is 0 Å². The zero-order valence-electron chi connectivity index (χ0n) is 12.6. The van der Waals surface area contributed by atoms with E-state index in [0.29, 0.717) is 5.92 Å². The summed E-state index contributed by atoms with van der Waals surface area (Å²) in [4.78, 5) is 15.1. The largest absolute Gasteiger partial charge is 0.384 e. The number of aryl methyl sites for hydroxylation is 1. The van der Waals surface area contributed by atoms with Gasteiger partial charge in [-0.15, -0.1) is 0 Å². The number of aromatic nitrogens is 1. The van der Waals surface area contributed by atoms with E-state index in [-0.39, 0.29) is 10.6 Å². The van der Waals surface area contributed by atoms with Crippen molar-refractivity contribution in [2.75, 3.05) is 25.0 Å². The first-order valence-corrected chi connectivity index (χ1v) is 7.64. The van der Waals surface area contributed by atoms with Crippen LogP contribution in [0.1, 0.15) is 18.5 Å². The number of anilines is 1. The Morgan fingerprint density at radius 3 is 3.05 bits per heavy atom. The van der Waals surface area contributed by atoms with Gasteiger partial charge in [-0.05, 0) is 50.9 Å². The molecule has 0 bridgehead atoms. The fourth-order valence-electron chi connectivity index (χ4n) is 2.96. The van der Waals surface area contributed by atoms with E-state index < -0.39 is 0 Å². The number of nitro benzene ring substituents is 1. The van der Waals surface area contributed by atoms with Gasteiger partial charge in [-0.3, -0.25) is 15.1 Å². The molecule has 22 heavy (non-hydrogen) atoms. The van der Waals surface area contributed by atoms with E-state index >= 15 is 0 Å². The fourth-order valence-corrected chi connectivity index (χ4v) is 2.96. The van der Waals surface area contributed by atoms with Crippen molar-refractivity contribution in [1.29, 1.82) is 0 Å². The van der Waals surface area contributed by atoms with Gasteiger partial charge in [-0.1, -0.05) is 0 Å². The second kappa shape index (κ2) is 6.27. The Morgan fingerprint density at radius 1 is 1.45 bits per heavy atom. The molecule has 1 aromatic carbocycles. The number of rotatable bonds is 4. The molecule has 3 rings (SSSR count). The first-order valence-electron chi connectivity index (χ1n) is 7.64. The van der Waals surface area contributed by atoms with E-state index in [1.165, 1.54) is 18.9 Å². The number of benzene rings is 1. The molecular weight excluding hydrogens is 280 g/mol. The zero-order chi connectivity index (χ0) is 15.5. The van der Waals surface area contributed by atoms with Gasteiger partial charge in [0, 0.05) is 35.4 Å². The molecule has 1 aromatic heterocycles. The smallest absolute Gasteiger partial charge is 0.270 e. The second-order valence-corrected chi connectivity index (χ2v) is 5.86. The number of fused-ring (bicyclic) bond motifs is 1. The highest BCUT2D eigenvalue weighted by Crippen LogP contribution is 2.27. The van der Waals surface area contributed by atoms with Crippen molar-refractivity contribution < 1.29 is 4.92 Å². The highest BCUT2D eigenvalue weighted by Gasteiger charge is 2.14. The lowest BCUT2D eigenvalue weighted by Crippen LogP contribution is -2.33. The van der Waals surface area contributed by atoms with Gasteiger partial charge in [0.15, 0.2) is 0 Å². The molecule has 1 atom stereocenters. The van der Waals surface area contributed by atoms with E-state index in [4.69, 9.17) is 0 Å². The monoisotopic (exact) mass is 300 g/mol. The summed E-state index contributed by atoms with van der Waals surface area (Å²) in [6.45, 7) is 4.93. The number of pyridine rings is 1. The summed E-state index contributed by atoms with van der Waals surface area (Å²) in [7, 11) is 0. The molecule has 0 spiro atoms. The van der Waals surface area contributed by atoms with Crippen LogP contribution in [0.5, 0.6) is 0 Å². The molecule has 1 aliphatic heterocycles. The average Bonchev–Trinajstić information content (AvgIpc) is 2.53. The van der Waals surface area contributed by atoms with Gasteiger partial charge in [0.25, 0.3) is 5.69 Å². The average molecular weight is 300 g/mol. The van der Waals surface area contributed by atoms with Crippen LogP contribution in [0.2, 0.25) is 0 Å². The van der Waals surface area contributed by atoms with Gasteiger partial charge in [0.05, 0.1) is 10.4 Å². The SMILES string of the molecule is Cc1cc(NCC2CCCNC2)c2cc([N+](=O)[O-])ccc2n1. The Morgan fingerprint density at radius 2 is 2.32 bits per heavy atom. The van der Waals surface area contributed by atoms with Gasteiger partial charge in [-0.2, -0.15) is 0 Å². The lowest BCUT2D eigenvalue weighted by Gasteiger charge is -2.23. The lowest BCUT2D eigenvalue weighted by molar-refractivity contribution is -0.384. The van der Waals surface area contributed by atoms with Crippen molar-refractivity contribution in [2.45, 2.75) is 19.8 Å². The number of hydrogen-bond donors (Lipinski definition) is 2. The highest BCUT2D eigenvalue weighted by atomic mass is 16.6. The van der Waals surface area contributed by atoms with Crippen molar-refractivity contribution in [2.24, 2.45) is 5.92 Å². The lowest BCUT2D eigenvalue weighted by atomic mass is 9.99. The molecular formula is C16H20N4O2. The van der Waals surface area contributed by atoms with E-state index in [2.05, 4.69) is 15.6 Å². The standard InChI is InChI=1S/C16H20N4O2/c1-11-7-16(18-10-12-3-2-6-17-9-12)14-8-13(20(21)22)4-5-15(14)19-11/h4-5,7-8,12,17H,2-3,6,9-10H2,1H3,(H,18,19). The van der Waals surface area contributed by atoms with Crippen LogP contribution in [0.4, 0.5) is 11.4 Å². The molecule has 1 saturated heterocycles. The summed E-state index contributed by atoms with van der Waals surface area (Å²) in [5.41, 5.74) is 2.72. The van der Waals surface area contributed by atoms with Crippen molar-refractivity contribution >= 4 is 22.3 Å². The Balaban J connectivity index is 1.88. The van der Waals surface area contributed by atoms with Crippen LogP contribution < -0.4 is 10.6 Å². The van der Waals surface area contributed by atoms with E-state index in [1.807, 2.05) is 13.0 Å². The molecule has 2 N–H and O–H groups in total. The van der Waals surface area contributed by atoms with Crippen molar-refractivity contribution in [3.05, 3.63) is 40.1 Å². The molecule has 116 valence electrons. The minimum absolute atomic E-state index is 0.0977. The fraction of sp³-hybridized carbons (Fsp3) is 0.438. The third kappa shape index (κ3) is 3.17. The molecule has 1 unspecified atom stereocenters. The number of nitrogens with zero attached hydrogens (tertiary/aromatic N) is 2. The van der Waals surface area contributed by atoms with Crippen molar-refractivity contribution in [3.63, 3.8) is 0 Å². The van der Waals surface area contributed by atoms with Crippen LogP contribution in [0.15, 0.2) is 24.3 Å². The molecule has 2 heterocycles. The molecule has 1 fully saturated rings. The van der Waals surface area contributed by atoms with Crippen LogP contribution in [-0.2, 0) is 0 Å². The third-order valence-electron chi connectivity index (χ3n) is 4.11. The number of nitro groups is 1. The van der Waals surface area contributed by atoms with Crippen LogP contribution >= 0.6 is 0 Å². The predicted octanol–water partition coefficient (Wildman–Crippen LogP) is 2.86. The van der Waals surface area contributed by atoms with Gasteiger partial charge in [-0.25, -0.2) is 0 Å². The quantitative estimate of drug-likeness (QED) is 0.670. The zero-order valence-corrected chi connectivity index (χ0v) is 12.6. The summed E-state index contributed by atoms with van der Waals surface area (Å²) in [6, 6.07) is 6.78. The minimum Gasteiger partial charge on any atom is -0.384 e. The maximum atomic E-state index is 11.0. The molecule has 6 heteroatoms. The predicted molar refractivity (Wildman–Crippen MR) is 87.2 cm³/mol. The minimum atomic E-state index is -0.367. The second-order valence-electron chi connectivity index (χ2n) is 5.86. The highest BCUT2D eigenvalue weighted by molar-refractivity contribution is 5.93. The number of nitrogens with one attached hydrogen (secondary N) is 2. The van der Waals surface area contributed by atoms with Crippen LogP contribution in [0.3, 0.4) is 0 Å². The normalized spacial score (nSPS) is 18.3. The summed E-state index contributed by atoms with van der Waals surface area (Å²) in [5, 5.41) is 18.7. The van der Waals surface area contributed by atoms with E-state index in [0.717, 1.165) is 41.9 Å². The maximum Gasteiger partial charge on any atom is 0.270 e. The third-order valence-corrected chi connectivity index (χ3v) is 4.11. The summed E-state index contributed by atoms with van der Waals surface area (Å²) in [6.07, 6.45) is 2.41. The molecule has 1 aliphatic rings. The van der Waals surface area contributed by atoms with Crippen LogP contribution in [0, 0.1) is 23.0 Å². The van der Waals surface area contributed by atoms with Crippen LogP contribution in [0.25, 0.3) is 10.9 Å². The first-order chi connectivity index (χ1) is 10.6. The molecule has 6 nitrogen and oxygen atoms in total. The molecule has 0 amide bonds. The molecule has 0 radical (unpaired) electrons.